The Bertz CT molecular complexity index is 1120. The van der Waals surface area contributed by atoms with Gasteiger partial charge in [-0.05, 0) is 75.0 Å². The van der Waals surface area contributed by atoms with E-state index in [2.05, 4.69) is 10.6 Å². The van der Waals surface area contributed by atoms with Crippen LogP contribution in [-0.4, -0.2) is 56.7 Å². The first-order valence-corrected chi connectivity index (χ1v) is 13.1. The van der Waals surface area contributed by atoms with E-state index in [-0.39, 0.29) is 22.3 Å². The van der Waals surface area contributed by atoms with Crippen LogP contribution in [0, 0.1) is 24.2 Å². The first kappa shape index (κ1) is 24.7. The van der Waals surface area contributed by atoms with Crippen LogP contribution in [0.1, 0.15) is 51.0 Å². The van der Waals surface area contributed by atoms with Crippen molar-refractivity contribution in [2.24, 2.45) is 17.3 Å². The zero-order valence-electron chi connectivity index (χ0n) is 20.1. The number of hydrogen-bond donors (Lipinski definition) is 2. The lowest BCUT2D eigenvalue weighted by Crippen LogP contribution is -2.64. The highest BCUT2D eigenvalue weighted by atomic mass is 32.2. The Morgan fingerprint density at radius 2 is 1.76 bits per heavy atom. The molecule has 0 radical (unpaired) electrons. The third-order valence-electron chi connectivity index (χ3n) is 7.53. The van der Waals surface area contributed by atoms with Crippen LogP contribution >= 0.6 is 0 Å². The van der Waals surface area contributed by atoms with Crippen molar-refractivity contribution >= 4 is 33.5 Å². The topological polar surface area (TPSA) is 122 Å². The van der Waals surface area contributed by atoms with Gasteiger partial charge in [-0.1, -0.05) is 6.07 Å². The number of rotatable bonds is 7. The molecular formula is C24H33N3O6S. The van der Waals surface area contributed by atoms with Gasteiger partial charge in [0.15, 0.2) is 6.61 Å². The van der Waals surface area contributed by atoms with Gasteiger partial charge in [0.2, 0.25) is 15.9 Å². The van der Waals surface area contributed by atoms with E-state index in [1.54, 1.807) is 13.0 Å². The number of esters is 1. The summed E-state index contributed by atoms with van der Waals surface area (Å²) >= 11 is 0. The predicted molar refractivity (Wildman–Crippen MR) is 125 cm³/mol. The van der Waals surface area contributed by atoms with Crippen molar-refractivity contribution < 1.29 is 27.5 Å². The maximum Gasteiger partial charge on any atom is 0.312 e. The summed E-state index contributed by atoms with van der Waals surface area (Å²) in [5.41, 5.74) is 0.0221. The molecule has 2 N–H and O–H groups in total. The van der Waals surface area contributed by atoms with Crippen LogP contribution in [0.5, 0.6) is 0 Å². The maximum absolute atomic E-state index is 13.2. The molecule has 1 aromatic carbocycles. The van der Waals surface area contributed by atoms with Gasteiger partial charge in [-0.2, -0.15) is 0 Å². The van der Waals surface area contributed by atoms with Crippen molar-refractivity contribution in [1.82, 2.24) is 9.62 Å². The predicted octanol–water partition coefficient (Wildman–Crippen LogP) is 2.20. The summed E-state index contributed by atoms with van der Waals surface area (Å²) in [6.07, 6.45) is 4.87. The molecule has 0 saturated heterocycles. The number of nitrogens with zero attached hydrogens (tertiary/aromatic N) is 1. The summed E-state index contributed by atoms with van der Waals surface area (Å²) in [6.45, 7) is 2.81. The van der Waals surface area contributed by atoms with Gasteiger partial charge in [0.05, 0.1) is 10.3 Å². The van der Waals surface area contributed by atoms with Crippen molar-refractivity contribution in [3.05, 3.63) is 23.8 Å². The minimum atomic E-state index is -3.65. The Morgan fingerprint density at radius 1 is 1.12 bits per heavy atom. The highest BCUT2D eigenvalue weighted by molar-refractivity contribution is 7.89. The summed E-state index contributed by atoms with van der Waals surface area (Å²) in [5.74, 6) is -0.250. The van der Waals surface area contributed by atoms with Crippen molar-refractivity contribution in [1.29, 1.82) is 0 Å². The van der Waals surface area contributed by atoms with Crippen LogP contribution in [0.4, 0.5) is 5.69 Å². The average Bonchev–Trinajstić information content (AvgIpc) is 2.71. The zero-order valence-corrected chi connectivity index (χ0v) is 21.0. The highest BCUT2D eigenvalue weighted by Gasteiger charge is 2.61. The molecule has 10 heteroatoms. The number of carbonyl (C=O) groups excluding carboxylic acids is 3. The second kappa shape index (κ2) is 8.64. The van der Waals surface area contributed by atoms with Gasteiger partial charge in [-0.15, -0.1) is 0 Å². The fourth-order valence-corrected chi connectivity index (χ4v) is 7.53. The van der Waals surface area contributed by atoms with Crippen molar-refractivity contribution in [2.45, 2.75) is 62.8 Å². The number of benzene rings is 1. The molecule has 0 aromatic heterocycles. The first-order chi connectivity index (χ1) is 15.8. The van der Waals surface area contributed by atoms with Crippen molar-refractivity contribution in [2.75, 3.05) is 26.0 Å². The van der Waals surface area contributed by atoms with Crippen LogP contribution in [0.15, 0.2) is 23.1 Å². The van der Waals surface area contributed by atoms with E-state index in [1.165, 1.54) is 33.2 Å². The third kappa shape index (κ3) is 4.57. The molecule has 0 spiro atoms. The Kier molecular flexibility index (Phi) is 6.27. The van der Waals surface area contributed by atoms with Crippen molar-refractivity contribution in [3.8, 4) is 0 Å². The molecule has 4 fully saturated rings. The number of aryl methyl sites for hydroxylation is 1. The second-order valence-electron chi connectivity index (χ2n) is 10.6. The SMILES string of the molecule is CC(=O)NC12C[C@H]3C[C@H](C1)CC(C(=O)OCC(=O)Nc1cc(S(=O)(=O)N(C)C)ccc1C)(C3)C2. The lowest BCUT2D eigenvalue weighted by Gasteiger charge is -2.60. The minimum Gasteiger partial charge on any atom is -0.455 e. The van der Waals surface area contributed by atoms with E-state index in [0.29, 0.717) is 29.5 Å². The Balaban J connectivity index is 1.42. The Morgan fingerprint density at radius 3 is 2.35 bits per heavy atom. The Hall–Kier alpha value is -2.46. The normalized spacial score (nSPS) is 29.7. The van der Waals surface area contributed by atoms with Crippen LogP contribution in [0.2, 0.25) is 0 Å². The molecule has 0 aliphatic heterocycles. The van der Waals surface area contributed by atoms with Crippen molar-refractivity contribution in [3.63, 3.8) is 0 Å². The molecule has 34 heavy (non-hydrogen) atoms. The number of ether oxygens (including phenoxy) is 1. The first-order valence-electron chi connectivity index (χ1n) is 11.6. The van der Waals surface area contributed by atoms with Crippen LogP contribution < -0.4 is 10.6 Å². The highest BCUT2D eigenvalue weighted by Crippen LogP contribution is 2.62. The van der Waals surface area contributed by atoms with E-state index in [1.807, 2.05) is 0 Å². The molecule has 2 amide bonds. The van der Waals surface area contributed by atoms with Gasteiger partial charge in [0, 0.05) is 32.2 Å². The zero-order chi connectivity index (χ0) is 24.9. The monoisotopic (exact) mass is 491 g/mol. The minimum absolute atomic E-state index is 0.0623. The fraction of sp³-hybridized carbons (Fsp3) is 0.625. The second-order valence-corrected chi connectivity index (χ2v) is 12.7. The molecule has 4 bridgehead atoms. The molecule has 186 valence electrons. The van der Waals surface area contributed by atoms with Gasteiger partial charge in [0.1, 0.15) is 0 Å². The van der Waals surface area contributed by atoms with E-state index in [9.17, 15) is 22.8 Å². The number of amides is 2. The van der Waals surface area contributed by atoms with Crippen LogP contribution in [-0.2, 0) is 29.1 Å². The van der Waals surface area contributed by atoms with E-state index >= 15 is 0 Å². The van der Waals surface area contributed by atoms with E-state index in [4.69, 9.17) is 4.74 Å². The molecule has 0 heterocycles. The number of carbonyl (C=O) groups is 3. The van der Waals surface area contributed by atoms with Gasteiger partial charge >= 0.3 is 5.97 Å². The molecule has 1 aromatic rings. The summed E-state index contributed by atoms with van der Waals surface area (Å²) in [7, 11) is -0.776. The average molecular weight is 492 g/mol. The standard InChI is InChI=1S/C24H33N3O6S/c1-15-5-6-19(34(31,32)27(3)4)8-20(15)25-21(29)13-33-22(30)23-9-17-7-18(10-23)12-24(11-17,14-23)26-16(2)28/h5-6,8,17-18H,7,9-14H2,1-4H3,(H,25,29)(H,26,28)/t17-,18-,23?,24?/m0/s1. The number of anilines is 1. The summed E-state index contributed by atoms with van der Waals surface area (Å²) < 4.78 is 31.4. The van der Waals surface area contributed by atoms with Gasteiger partial charge in [0.25, 0.3) is 5.91 Å². The van der Waals surface area contributed by atoms with Gasteiger partial charge in [-0.25, -0.2) is 12.7 Å². The summed E-state index contributed by atoms with van der Waals surface area (Å²) in [4.78, 5) is 37.7. The van der Waals surface area contributed by atoms with Gasteiger partial charge in [-0.3, -0.25) is 14.4 Å². The largest absolute Gasteiger partial charge is 0.455 e. The number of sulfonamides is 1. The molecule has 9 nitrogen and oxygen atoms in total. The lowest BCUT2D eigenvalue weighted by molar-refractivity contribution is -0.176. The number of nitrogens with one attached hydrogen (secondary N) is 2. The maximum atomic E-state index is 13.2. The Labute approximate surface area is 200 Å². The quantitative estimate of drug-likeness (QED) is 0.564. The summed E-state index contributed by atoms with van der Waals surface area (Å²) in [5, 5.41) is 5.79. The van der Waals surface area contributed by atoms with E-state index in [0.717, 1.165) is 36.4 Å². The smallest absolute Gasteiger partial charge is 0.312 e. The molecule has 2 atom stereocenters. The molecule has 0 unspecified atom stereocenters. The van der Waals surface area contributed by atoms with Crippen LogP contribution in [0.25, 0.3) is 0 Å². The van der Waals surface area contributed by atoms with Crippen LogP contribution in [0.3, 0.4) is 0 Å². The fourth-order valence-electron chi connectivity index (χ4n) is 6.60. The molecular weight excluding hydrogens is 458 g/mol. The van der Waals surface area contributed by atoms with Gasteiger partial charge < -0.3 is 15.4 Å². The third-order valence-corrected chi connectivity index (χ3v) is 9.34. The van der Waals surface area contributed by atoms with E-state index < -0.39 is 28.0 Å². The molecule has 4 saturated carbocycles. The lowest BCUT2D eigenvalue weighted by atomic mass is 9.47. The molecule has 4 aliphatic carbocycles. The number of hydrogen-bond acceptors (Lipinski definition) is 6. The summed E-state index contributed by atoms with van der Waals surface area (Å²) in [6, 6.07) is 4.51. The molecule has 4 aliphatic rings. The molecule has 5 rings (SSSR count).